The molecule has 2 amide bonds. The van der Waals surface area contributed by atoms with Crippen molar-refractivity contribution in [3.63, 3.8) is 0 Å². The molecule has 1 aliphatic carbocycles. The highest BCUT2D eigenvalue weighted by molar-refractivity contribution is 7.15. The zero-order valence-electron chi connectivity index (χ0n) is 17.9. The fourth-order valence-corrected chi connectivity index (χ4v) is 5.93. The molecule has 10 nitrogen and oxygen atoms in total. The summed E-state index contributed by atoms with van der Waals surface area (Å²) < 4.78 is 1.89. The summed E-state index contributed by atoms with van der Waals surface area (Å²) in [5.74, 6) is 0.540. The van der Waals surface area contributed by atoms with E-state index in [1.807, 2.05) is 35.0 Å². The zero-order chi connectivity index (χ0) is 22.8. The molecular formula is C21H22N8O2S2. The van der Waals surface area contributed by atoms with E-state index in [0.29, 0.717) is 27.8 Å². The fourth-order valence-electron chi connectivity index (χ4n) is 4.12. The van der Waals surface area contributed by atoms with Crippen molar-refractivity contribution in [1.82, 2.24) is 29.8 Å². The number of aromatic nitrogens is 6. The summed E-state index contributed by atoms with van der Waals surface area (Å²) in [5, 5.41) is 25.2. The highest BCUT2D eigenvalue weighted by atomic mass is 32.1. The Balaban J connectivity index is 1.13. The van der Waals surface area contributed by atoms with Gasteiger partial charge in [-0.05, 0) is 37.3 Å². The number of nitrogens with one attached hydrogen (secondary N) is 2. The van der Waals surface area contributed by atoms with Crippen LogP contribution in [-0.2, 0) is 22.4 Å². The summed E-state index contributed by atoms with van der Waals surface area (Å²) in [6.07, 6.45) is 7.89. The molecule has 33 heavy (non-hydrogen) atoms. The molecule has 0 spiro atoms. The van der Waals surface area contributed by atoms with Crippen LogP contribution in [0.5, 0.6) is 0 Å². The quantitative estimate of drug-likeness (QED) is 0.414. The van der Waals surface area contributed by atoms with Gasteiger partial charge in [0.2, 0.25) is 22.1 Å². The monoisotopic (exact) mass is 482 g/mol. The third-order valence-electron chi connectivity index (χ3n) is 5.55. The van der Waals surface area contributed by atoms with Crippen molar-refractivity contribution in [2.24, 2.45) is 5.92 Å². The first-order valence-electron chi connectivity index (χ1n) is 10.7. The largest absolute Gasteiger partial charge is 0.307 e. The third-order valence-corrected chi connectivity index (χ3v) is 7.41. The van der Waals surface area contributed by atoms with Crippen LogP contribution < -0.4 is 10.6 Å². The Hall–Kier alpha value is -3.25. The Morgan fingerprint density at radius 2 is 1.94 bits per heavy atom. The number of anilines is 2. The standard InChI is InChI=1S/C21H22N8O2S2/c1-12(30)22-20-28-26-19(33-20)14-6-5-13(8-14)9-18-25-27-21(32-18)24-17(31)10-15-11-29-7-3-2-4-16(29)23-15/h2-4,7,11,13-14H,5-6,8-10H2,1H3,(H,22,28,30)(H,24,27,31)/t13-,14+/m1/s1. The number of nitrogens with zero attached hydrogens (tertiary/aromatic N) is 6. The molecule has 0 aromatic carbocycles. The predicted octanol–water partition coefficient (Wildman–Crippen LogP) is 3.30. The summed E-state index contributed by atoms with van der Waals surface area (Å²) in [6.45, 7) is 1.46. The first kappa shape index (κ1) is 21.6. The number of carbonyl (C=O) groups is 2. The number of amides is 2. The van der Waals surface area contributed by atoms with E-state index in [-0.39, 0.29) is 18.2 Å². The molecule has 0 aliphatic heterocycles. The first-order chi connectivity index (χ1) is 16.0. The molecule has 2 atom stereocenters. The van der Waals surface area contributed by atoms with Crippen LogP contribution in [-0.4, -0.2) is 41.6 Å². The van der Waals surface area contributed by atoms with Crippen LogP contribution in [0.1, 0.15) is 47.8 Å². The molecule has 0 radical (unpaired) electrons. The summed E-state index contributed by atoms with van der Waals surface area (Å²) in [4.78, 5) is 28.1. The van der Waals surface area contributed by atoms with Crippen molar-refractivity contribution >= 4 is 50.4 Å². The van der Waals surface area contributed by atoms with E-state index in [0.717, 1.165) is 41.3 Å². The second-order valence-corrected chi connectivity index (χ2v) is 10.2. The Labute approximate surface area is 197 Å². The minimum Gasteiger partial charge on any atom is -0.307 e. The van der Waals surface area contributed by atoms with Crippen LogP contribution in [0.2, 0.25) is 0 Å². The van der Waals surface area contributed by atoms with Crippen LogP contribution in [0.4, 0.5) is 10.3 Å². The molecule has 4 aromatic rings. The lowest BCUT2D eigenvalue weighted by Gasteiger charge is -2.06. The van der Waals surface area contributed by atoms with Gasteiger partial charge in [-0.1, -0.05) is 28.7 Å². The Morgan fingerprint density at radius 3 is 2.79 bits per heavy atom. The van der Waals surface area contributed by atoms with E-state index < -0.39 is 0 Å². The molecule has 1 saturated carbocycles. The van der Waals surface area contributed by atoms with Crippen molar-refractivity contribution in [3.05, 3.63) is 46.3 Å². The van der Waals surface area contributed by atoms with E-state index in [1.54, 1.807) is 0 Å². The molecule has 170 valence electrons. The van der Waals surface area contributed by atoms with Gasteiger partial charge in [-0.2, -0.15) is 0 Å². The van der Waals surface area contributed by atoms with E-state index in [9.17, 15) is 9.59 Å². The summed E-state index contributed by atoms with van der Waals surface area (Å²) in [6, 6.07) is 5.74. The normalized spacial score (nSPS) is 18.0. The van der Waals surface area contributed by atoms with Crippen molar-refractivity contribution in [3.8, 4) is 0 Å². The van der Waals surface area contributed by atoms with Gasteiger partial charge in [-0.25, -0.2) is 4.98 Å². The lowest BCUT2D eigenvalue weighted by Crippen LogP contribution is -2.14. The number of hydrogen-bond acceptors (Lipinski definition) is 9. The molecule has 0 unspecified atom stereocenters. The van der Waals surface area contributed by atoms with E-state index in [2.05, 4.69) is 36.0 Å². The molecule has 0 saturated heterocycles. The molecule has 4 heterocycles. The van der Waals surface area contributed by atoms with Crippen LogP contribution in [0.3, 0.4) is 0 Å². The fraction of sp³-hybridized carbons (Fsp3) is 0.381. The molecule has 12 heteroatoms. The molecule has 0 bridgehead atoms. The lowest BCUT2D eigenvalue weighted by molar-refractivity contribution is -0.116. The van der Waals surface area contributed by atoms with Gasteiger partial charge in [0.1, 0.15) is 15.7 Å². The van der Waals surface area contributed by atoms with Gasteiger partial charge >= 0.3 is 0 Å². The molecular weight excluding hydrogens is 460 g/mol. The Bertz CT molecular complexity index is 1260. The lowest BCUT2D eigenvalue weighted by atomic mass is 10.0. The SMILES string of the molecule is CC(=O)Nc1nnc([C@H]2CC[C@@H](Cc3nnc(NC(=O)Cc4cn5ccccc5n4)s3)C2)s1. The van der Waals surface area contributed by atoms with Gasteiger partial charge in [0.15, 0.2) is 0 Å². The second kappa shape index (κ2) is 9.32. The minimum atomic E-state index is -0.159. The van der Waals surface area contributed by atoms with Gasteiger partial charge in [0.25, 0.3) is 0 Å². The third kappa shape index (κ3) is 5.22. The second-order valence-electron chi connectivity index (χ2n) is 8.13. The number of pyridine rings is 1. The van der Waals surface area contributed by atoms with Gasteiger partial charge in [-0.3, -0.25) is 9.59 Å². The van der Waals surface area contributed by atoms with Crippen molar-refractivity contribution in [2.75, 3.05) is 10.6 Å². The average Bonchev–Trinajstić information content (AvgIpc) is 3.55. The van der Waals surface area contributed by atoms with Crippen molar-refractivity contribution < 1.29 is 9.59 Å². The van der Waals surface area contributed by atoms with Crippen molar-refractivity contribution in [1.29, 1.82) is 0 Å². The van der Waals surface area contributed by atoms with Crippen LogP contribution >= 0.6 is 22.7 Å². The zero-order valence-corrected chi connectivity index (χ0v) is 19.5. The van der Waals surface area contributed by atoms with Crippen LogP contribution in [0.25, 0.3) is 5.65 Å². The van der Waals surface area contributed by atoms with Crippen LogP contribution in [0.15, 0.2) is 30.6 Å². The molecule has 5 rings (SSSR count). The molecule has 4 aromatic heterocycles. The summed E-state index contributed by atoms with van der Waals surface area (Å²) in [7, 11) is 0. The van der Waals surface area contributed by atoms with E-state index >= 15 is 0 Å². The number of fused-ring (bicyclic) bond motifs is 1. The topological polar surface area (TPSA) is 127 Å². The van der Waals surface area contributed by atoms with E-state index in [1.165, 1.54) is 29.6 Å². The molecule has 2 N–H and O–H groups in total. The van der Waals surface area contributed by atoms with Gasteiger partial charge in [-0.15, -0.1) is 20.4 Å². The predicted molar refractivity (Wildman–Crippen MR) is 125 cm³/mol. The summed E-state index contributed by atoms with van der Waals surface area (Å²) >= 11 is 2.86. The number of carbonyl (C=O) groups excluding carboxylic acids is 2. The number of rotatable bonds is 7. The van der Waals surface area contributed by atoms with E-state index in [4.69, 9.17) is 0 Å². The highest BCUT2D eigenvalue weighted by Gasteiger charge is 2.29. The maximum atomic E-state index is 12.4. The maximum absolute atomic E-state index is 12.4. The molecule has 1 fully saturated rings. The average molecular weight is 483 g/mol. The van der Waals surface area contributed by atoms with Crippen molar-refractivity contribution in [2.45, 2.75) is 44.9 Å². The summed E-state index contributed by atoms with van der Waals surface area (Å²) in [5.41, 5.74) is 1.52. The Kier molecular flexibility index (Phi) is 6.09. The smallest absolute Gasteiger partial charge is 0.232 e. The van der Waals surface area contributed by atoms with Gasteiger partial charge < -0.3 is 15.0 Å². The number of hydrogen-bond donors (Lipinski definition) is 2. The van der Waals surface area contributed by atoms with Gasteiger partial charge in [0, 0.05) is 31.7 Å². The number of imidazole rings is 1. The maximum Gasteiger partial charge on any atom is 0.232 e. The van der Waals surface area contributed by atoms with Gasteiger partial charge in [0.05, 0.1) is 12.1 Å². The highest BCUT2D eigenvalue weighted by Crippen LogP contribution is 2.41. The first-order valence-corrected chi connectivity index (χ1v) is 12.3. The minimum absolute atomic E-state index is 0.139. The van der Waals surface area contributed by atoms with Crippen LogP contribution in [0, 0.1) is 5.92 Å². The molecule has 1 aliphatic rings. The Morgan fingerprint density at radius 1 is 1.09 bits per heavy atom.